The molecule has 0 fully saturated rings. The van der Waals surface area contributed by atoms with Gasteiger partial charge in [-0.05, 0) is 61.0 Å². The lowest BCUT2D eigenvalue weighted by Crippen LogP contribution is -2.38. The van der Waals surface area contributed by atoms with Gasteiger partial charge in [-0.15, -0.1) is 13.2 Å². The van der Waals surface area contributed by atoms with Crippen LogP contribution in [0.25, 0.3) is 0 Å². The molecule has 13 heteroatoms. The van der Waals surface area contributed by atoms with Crippen LogP contribution in [0.4, 0.5) is 32.0 Å². The van der Waals surface area contributed by atoms with Crippen molar-refractivity contribution in [1.82, 2.24) is 5.01 Å². The van der Waals surface area contributed by atoms with Crippen LogP contribution < -0.4 is 10.1 Å². The first-order valence-electron chi connectivity index (χ1n) is 11.3. The van der Waals surface area contributed by atoms with Gasteiger partial charge in [0.15, 0.2) is 0 Å². The number of rotatable bonds is 6. The Labute approximate surface area is 232 Å². The highest BCUT2D eigenvalue weighted by Crippen LogP contribution is 2.39. The zero-order valence-corrected chi connectivity index (χ0v) is 22.3. The molecule has 1 unspecified atom stereocenters. The van der Waals surface area contributed by atoms with Gasteiger partial charge in [0.2, 0.25) is 5.91 Å². The maximum absolute atomic E-state index is 13.3. The number of alkyl halides is 6. The molecule has 39 heavy (non-hydrogen) atoms. The van der Waals surface area contributed by atoms with E-state index in [-0.39, 0.29) is 18.7 Å². The minimum Gasteiger partial charge on any atom is -0.406 e. The fraction of sp³-hybridized carbons (Fsp3) is 0.231. The second kappa shape index (κ2) is 10.7. The van der Waals surface area contributed by atoms with Gasteiger partial charge in [-0.3, -0.25) is 9.80 Å². The van der Waals surface area contributed by atoms with E-state index in [4.69, 9.17) is 11.6 Å². The van der Waals surface area contributed by atoms with Crippen molar-refractivity contribution in [3.8, 4) is 5.75 Å². The molecule has 0 saturated carbocycles. The van der Waals surface area contributed by atoms with Gasteiger partial charge >= 0.3 is 12.5 Å². The van der Waals surface area contributed by atoms with Gasteiger partial charge in [0.25, 0.3) is 0 Å². The Bertz CT molecular complexity index is 1390. The third kappa shape index (κ3) is 6.85. The zero-order chi connectivity index (χ0) is 28.6. The lowest BCUT2D eigenvalue weighted by molar-refractivity contribution is -0.274. The van der Waals surface area contributed by atoms with E-state index in [1.807, 2.05) is 0 Å². The van der Waals surface area contributed by atoms with Crippen LogP contribution in [0.2, 0.25) is 5.02 Å². The van der Waals surface area contributed by atoms with Crippen LogP contribution in [-0.4, -0.2) is 36.1 Å². The summed E-state index contributed by atoms with van der Waals surface area (Å²) in [7, 11) is 0. The second-order valence-corrected chi connectivity index (χ2v) is 10.2. The molecule has 3 aromatic carbocycles. The molecule has 5 nitrogen and oxygen atoms in total. The van der Waals surface area contributed by atoms with Crippen LogP contribution in [0.3, 0.4) is 0 Å². The summed E-state index contributed by atoms with van der Waals surface area (Å²) in [5, 5.41) is 8.17. The predicted octanol–water partition coefficient (Wildman–Crippen LogP) is 7.64. The van der Waals surface area contributed by atoms with Crippen molar-refractivity contribution in [2.75, 3.05) is 18.4 Å². The lowest BCUT2D eigenvalue weighted by Gasteiger charge is -2.28. The maximum atomic E-state index is 13.3. The Morgan fingerprint density at radius 1 is 1.05 bits per heavy atom. The molecule has 1 heterocycles. The first-order chi connectivity index (χ1) is 18.1. The van der Waals surface area contributed by atoms with Crippen LogP contribution in [0.15, 0.2) is 76.3 Å². The minimum absolute atomic E-state index is 0.105. The van der Waals surface area contributed by atoms with Gasteiger partial charge in [0.1, 0.15) is 12.3 Å². The summed E-state index contributed by atoms with van der Waals surface area (Å²) in [6.45, 7) is 1.64. The SMILES string of the molecule is CC1(c2ccc(OC(F)(F)F)cc2)CN(CC(=O)Nc2ccc(Br)cc2)N=C1c1ccc(C(F)(F)F)c(Cl)c1. The Kier molecular flexibility index (Phi) is 7.91. The van der Waals surface area contributed by atoms with Gasteiger partial charge in [-0.25, -0.2) is 0 Å². The van der Waals surface area contributed by atoms with Gasteiger partial charge in [0, 0.05) is 15.7 Å². The molecule has 0 bridgehead atoms. The predicted molar refractivity (Wildman–Crippen MR) is 138 cm³/mol. The molecule has 1 aliphatic rings. The first kappa shape index (κ1) is 28.8. The first-order valence-corrected chi connectivity index (χ1v) is 12.4. The third-order valence-corrected chi connectivity index (χ3v) is 6.83. The Morgan fingerprint density at radius 2 is 1.69 bits per heavy atom. The molecule has 0 spiro atoms. The molecule has 4 rings (SSSR count). The normalized spacial score (nSPS) is 17.7. The third-order valence-electron chi connectivity index (χ3n) is 5.99. The zero-order valence-electron chi connectivity index (χ0n) is 20.0. The average molecular weight is 635 g/mol. The number of amides is 1. The molecule has 206 valence electrons. The van der Waals surface area contributed by atoms with Crippen molar-refractivity contribution in [3.63, 3.8) is 0 Å². The van der Waals surface area contributed by atoms with E-state index >= 15 is 0 Å². The fourth-order valence-corrected chi connectivity index (χ4v) is 4.79. The van der Waals surface area contributed by atoms with E-state index in [9.17, 15) is 31.1 Å². The van der Waals surface area contributed by atoms with E-state index < -0.39 is 40.2 Å². The number of anilines is 1. The standard InChI is InChI=1S/C26H19BrClF6N3O2/c1-24(16-3-9-19(10-4-16)39-26(32,33)34)14-37(13-22(38)35-18-7-5-17(27)6-8-18)36-23(24)15-2-11-20(21(28)12-15)25(29,30)31/h2-12H,13-14H2,1H3,(H,35,38). The van der Waals surface area contributed by atoms with Crippen molar-refractivity contribution < 1.29 is 35.9 Å². The number of carbonyl (C=O) groups excluding carboxylic acids is 1. The summed E-state index contributed by atoms with van der Waals surface area (Å²) in [6, 6.07) is 15.2. The highest BCUT2D eigenvalue weighted by Gasteiger charge is 2.42. The number of hydrogen-bond donors (Lipinski definition) is 1. The number of nitrogens with one attached hydrogen (secondary N) is 1. The van der Waals surface area contributed by atoms with Gasteiger partial charge < -0.3 is 10.1 Å². The minimum atomic E-state index is -4.87. The quantitative estimate of drug-likeness (QED) is 0.284. The Hall–Kier alpha value is -3.25. The number of carbonyl (C=O) groups is 1. The summed E-state index contributed by atoms with van der Waals surface area (Å²) < 4.78 is 82.5. The smallest absolute Gasteiger partial charge is 0.406 e. The van der Waals surface area contributed by atoms with E-state index in [2.05, 4.69) is 31.1 Å². The molecular weight excluding hydrogens is 616 g/mol. The number of nitrogens with zero attached hydrogens (tertiary/aromatic N) is 2. The van der Waals surface area contributed by atoms with Crippen LogP contribution in [0.1, 0.15) is 23.6 Å². The number of hydrazone groups is 1. The fourth-order valence-electron chi connectivity index (χ4n) is 4.24. The Morgan fingerprint density at radius 3 is 2.26 bits per heavy atom. The number of ether oxygens (including phenoxy) is 1. The molecule has 0 radical (unpaired) electrons. The summed E-state index contributed by atoms with van der Waals surface area (Å²) in [5.41, 5.74) is -0.446. The van der Waals surface area contributed by atoms with E-state index in [0.717, 1.165) is 28.7 Å². The van der Waals surface area contributed by atoms with Crippen molar-refractivity contribution in [2.24, 2.45) is 5.10 Å². The van der Waals surface area contributed by atoms with Gasteiger partial charge in [-0.1, -0.05) is 45.7 Å². The molecule has 3 aromatic rings. The average Bonchev–Trinajstić information content (AvgIpc) is 3.15. The molecule has 1 aliphatic heterocycles. The van der Waals surface area contributed by atoms with Crippen molar-refractivity contribution in [1.29, 1.82) is 0 Å². The molecule has 1 amide bonds. The van der Waals surface area contributed by atoms with Gasteiger partial charge in [0.05, 0.1) is 28.3 Å². The maximum Gasteiger partial charge on any atom is 0.573 e. The van der Waals surface area contributed by atoms with Crippen LogP contribution in [0.5, 0.6) is 5.75 Å². The van der Waals surface area contributed by atoms with Crippen LogP contribution in [0, 0.1) is 0 Å². The molecule has 0 aliphatic carbocycles. The van der Waals surface area contributed by atoms with Crippen molar-refractivity contribution in [3.05, 3.63) is 92.9 Å². The van der Waals surface area contributed by atoms with E-state index in [1.165, 1.54) is 23.2 Å². The summed E-state index contributed by atoms with van der Waals surface area (Å²) in [5.74, 6) is -0.835. The van der Waals surface area contributed by atoms with Crippen LogP contribution >= 0.6 is 27.5 Å². The van der Waals surface area contributed by atoms with Crippen LogP contribution in [-0.2, 0) is 16.4 Å². The number of hydrogen-bond acceptors (Lipinski definition) is 4. The second-order valence-electron chi connectivity index (χ2n) is 8.92. The van der Waals surface area contributed by atoms with Gasteiger partial charge in [-0.2, -0.15) is 18.3 Å². The molecule has 0 saturated heterocycles. The monoisotopic (exact) mass is 633 g/mol. The van der Waals surface area contributed by atoms with E-state index in [1.54, 1.807) is 31.2 Å². The molecule has 0 aromatic heterocycles. The summed E-state index contributed by atoms with van der Waals surface area (Å²) >= 11 is 9.27. The van der Waals surface area contributed by atoms with Crippen molar-refractivity contribution in [2.45, 2.75) is 24.9 Å². The summed E-state index contributed by atoms with van der Waals surface area (Å²) in [6.07, 6.45) is -9.54. The largest absolute Gasteiger partial charge is 0.573 e. The Balaban J connectivity index is 1.66. The van der Waals surface area contributed by atoms with Crippen molar-refractivity contribution >= 4 is 44.8 Å². The molecular formula is C26H19BrClF6N3O2. The molecule has 1 N–H and O–H groups in total. The van der Waals surface area contributed by atoms with E-state index in [0.29, 0.717) is 17.0 Å². The lowest BCUT2D eigenvalue weighted by atomic mass is 9.76. The molecule has 1 atom stereocenters. The highest BCUT2D eigenvalue weighted by molar-refractivity contribution is 9.10. The number of halogens is 8. The summed E-state index contributed by atoms with van der Waals surface area (Å²) in [4.78, 5) is 12.7. The highest BCUT2D eigenvalue weighted by atomic mass is 79.9. The topological polar surface area (TPSA) is 53.9 Å². The number of benzene rings is 3.